The normalized spacial score (nSPS) is 14.0. The van der Waals surface area contributed by atoms with Crippen LogP contribution in [0.25, 0.3) is 5.41 Å². The van der Waals surface area contributed by atoms with Crippen LogP contribution in [0.2, 0.25) is 0 Å². The number of nitrogens with one attached hydrogen (secondary N) is 1. The van der Waals surface area contributed by atoms with E-state index in [-0.39, 0.29) is 0 Å². The summed E-state index contributed by atoms with van der Waals surface area (Å²) in [5, 5.41) is 7.51. The van der Waals surface area contributed by atoms with Gasteiger partial charge in [-0.25, -0.2) is 14.8 Å². The third-order valence-electron chi connectivity index (χ3n) is 1.11. The van der Waals surface area contributed by atoms with Crippen LogP contribution in [0.1, 0.15) is 0 Å². The standard InChI is InChI=1S/C5H4N4S/c1-4-5(7-3-6-1)2-10-9-8-4/h1-3,9H. The summed E-state index contributed by atoms with van der Waals surface area (Å²) >= 11 is 1.41. The molecule has 0 bridgehead atoms. The lowest BCUT2D eigenvalue weighted by molar-refractivity contribution is 0.967. The number of fused-ring (bicyclic) bond motifs is 1. The van der Waals surface area contributed by atoms with Gasteiger partial charge in [-0.15, -0.1) is 0 Å². The van der Waals surface area contributed by atoms with Crippen molar-refractivity contribution in [2.45, 2.75) is 0 Å². The highest BCUT2D eigenvalue weighted by Crippen LogP contribution is 1.92. The molecule has 0 atom stereocenters. The summed E-state index contributed by atoms with van der Waals surface area (Å²) in [6.45, 7) is 0. The largest absolute Gasteiger partial charge is 0.247 e. The van der Waals surface area contributed by atoms with E-state index in [0.29, 0.717) is 0 Å². The van der Waals surface area contributed by atoms with Gasteiger partial charge >= 0.3 is 0 Å². The molecule has 0 saturated heterocycles. The van der Waals surface area contributed by atoms with E-state index in [0.717, 1.165) is 10.7 Å². The zero-order valence-electron chi connectivity index (χ0n) is 4.98. The molecular weight excluding hydrogens is 148 g/mol. The average molecular weight is 152 g/mol. The van der Waals surface area contributed by atoms with Gasteiger partial charge in [-0.2, -0.15) is 5.10 Å². The van der Waals surface area contributed by atoms with Crippen molar-refractivity contribution in [2.75, 3.05) is 0 Å². The monoisotopic (exact) mass is 152 g/mol. The molecule has 1 aromatic rings. The first-order chi connectivity index (χ1) is 4.97. The second kappa shape index (κ2) is 2.26. The van der Waals surface area contributed by atoms with E-state index in [4.69, 9.17) is 0 Å². The molecule has 4 nitrogen and oxygen atoms in total. The molecule has 10 heavy (non-hydrogen) atoms. The number of hydrogen-bond acceptors (Lipinski definition) is 5. The molecule has 50 valence electrons. The first kappa shape index (κ1) is 5.67. The van der Waals surface area contributed by atoms with E-state index in [9.17, 15) is 0 Å². The molecule has 5 heteroatoms. The van der Waals surface area contributed by atoms with Crippen molar-refractivity contribution in [3.8, 4) is 0 Å². The van der Waals surface area contributed by atoms with Gasteiger partial charge in [-0.05, 0) is 11.9 Å². The van der Waals surface area contributed by atoms with Crippen LogP contribution in [0, 0.1) is 0 Å². The van der Waals surface area contributed by atoms with Gasteiger partial charge in [0.1, 0.15) is 17.0 Å². The topological polar surface area (TPSA) is 50.2 Å². The predicted octanol–water partition coefficient (Wildman–Crippen LogP) is -0.999. The molecule has 1 N–H and O–H groups in total. The van der Waals surface area contributed by atoms with Crippen LogP contribution in [0.4, 0.5) is 0 Å². The molecular formula is C5H4N4S. The lowest BCUT2D eigenvalue weighted by Crippen LogP contribution is -2.32. The Morgan fingerprint density at radius 3 is 3.40 bits per heavy atom. The molecule has 0 radical (unpaired) electrons. The van der Waals surface area contributed by atoms with Crippen LogP contribution in [-0.4, -0.2) is 9.97 Å². The summed E-state index contributed by atoms with van der Waals surface area (Å²) in [6.07, 6.45) is 3.18. The molecule has 0 amide bonds. The molecule has 0 unspecified atom stereocenters. The van der Waals surface area contributed by atoms with Gasteiger partial charge < -0.3 is 0 Å². The molecule has 1 aliphatic heterocycles. The summed E-state index contributed by atoms with van der Waals surface area (Å²) in [5.41, 5.74) is 0. The molecule has 0 saturated carbocycles. The minimum atomic E-state index is 0.793. The summed E-state index contributed by atoms with van der Waals surface area (Å²) in [7, 11) is 0. The SMILES string of the molecule is C1=c2ncncc2=NNS1. The van der Waals surface area contributed by atoms with Gasteiger partial charge in [-0.1, -0.05) is 0 Å². The van der Waals surface area contributed by atoms with Crippen LogP contribution in [0.3, 0.4) is 0 Å². The Kier molecular flexibility index (Phi) is 1.28. The van der Waals surface area contributed by atoms with Crippen molar-refractivity contribution in [2.24, 2.45) is 5.10 Å². The zero-order chi connectivity index (χ0) is 6.81. The molecule has 0 fully saturated rings. The Balaban J connectivity index is 2.84. The predicted molar refractivity (Wildman–Crippen MR) is 38.0 cm³/mol. The van der Waals surface area contributed by atoms with Crippen molar-refractivity contribution in [3.63, 3.8) is 0 Å². The maximum atomic E-state index is 4.00. The van der Waals surface area contributed by atoms with Crippen LogP contribution in [-0.2, 0) is 0 Å². The molecule has 1 aromatic heterocycles. The first-order valence-corrected chi connectivity index (χ1v) is 3.59. The number of nitrogens with zero attached hydrogens (tertiary/aromatic N) is 3. The van der Waals surface area contributed by atoms with Crippen LogP contribution in [0.5, 0.6) is 0 Å². The molecule has 1 aliphatic rings. The highest BCUT2D eigenvalue weighted by atomic mass is 32.2. The lowest BCUT2D eigenvalue weighted by atomic mass is 10.5. The zero-order valence-corrected chi connectivity index (χ0v) is 5.80. The van der Waals surface area contributed by atoms with Gasteiger partial charge in [0.05, 0.1) is 6.20 Å². The minimum Gasteiger partial charge on any atom is -0.247 e. The number of rotatable bonds is 0. The van der Waals surface area contributed by atoms with Crippen LogP contribution >= 0.6 is 11.9 Å². The summed E-state index contributed by atoms with van der Waals surface area (Å²) in [6, 6.07) is 0. The average Bonchev–Trinajstić information content (AvgIpc) is 2.05. The smallest absolute Gasteiger partial charge is 0.128 e. The highest BCUT2D eigenvalue weighted by Gasteiger charge is 1.91. The van der Waals surface area contributed by atoms with Crippen molar-refractivity contribution in [1.29, 1.82) is 0 Å². The molecule has 0 aromatic carbocycles. The van der Waals surface area contributed by atoms with Crippen molar-refractivity contribution >= 4 is 17.4 Å². The Bertz CT molecular complexity index is 312. The quantitative estimate of drug-likeness (QED) is 0.484. The van der Waals surface area contributed by atoms with Gasteiger partial charge in [-0.3, -0.25) is 0 Å². The fourth-order valence-corrected chi connectivity index (χ4v) is 1.16. The number of aromatic nitrogens is 2. The van der Waals surface area contributed by atoms with Gasteiger partial charge in [0.25, 0.3) is 0 Å². The molecule has 0 aliphatic carbocycles. The van der Waals surface area contributed by atoms with Gasteiger partial charge in [0.2, 0.25) is 0 Å². The summed E-state index contributed by atoms with van der Waals surface area (Å²) in [5.74, 6) is 0. The lowest BCUT2D eigenvalue weighted by Gasteiger charge is -1.96. The van der Waals surface area contributed by atoms with E-state index in [1.54, 1.807) is 6.20 Å². The van der Waals surface area contributed by atoms with Crippen molar-refractivity contribution in [3.05, 3.63) is 23.2 Å². The fourth-order valence-electron chi connectivity index (χ4n) is 0.666. The Morgan fingerprint density at radius 1 is 1.50 bits per heavy atom. The summed E-state index contributed by atoms with van der Waals surface area (Å²) in [4.78, 5) is 10.6. The Labute approximate surface area is 61.2 Å². The summed E-state index contributed by atoms with van der Waals surface area (Å²) < 4.78 is 0. The fraction of sp³-hybridized carbons (Fsp3) is 0. The van der Waals surface area contributed by atoms with Crippen molar-refractivity contribution in [1.82, 2.24) is 14.8 Å². The second-order valence-corrected chi connectivity index (χ2v) is 2.39. The maximum absolute atomic E-state index is 4.00. The Morgan fingerprint density at radius 2 is 2.50 bits per heavy atom. The first-order valence-electron chi connectivity index (χ1n) is 2.71. The minimum absolute atomic E-state index is 0.793. The van der Waals surface area contributed by atoms with E-state index in [2.05, 4.69) is 19.9 Å². The van der Waals surface area contributed by atoms with E-state index >= 15 is 0 Å². The molecule has 0 spiro atoms. The van der Waals surface area contributed by atoms with E-state index in [1.165, 1.54) is 18.3 Å². The van der Waals surface area contributed by atoms with Crippen LogP contribution < -0.4 is 15.5 Å². The molecule has 2 rings (SSSR count). The van der Waals surface area contributed by atoms with Gasteiger partial charge in [0, 0.05) is 5.41 Å². The van der Waals surface area contributed by atoms with E-state index in [1.807, 2.05) is 5.41 Å². The van der Waals surface area contributed by atoms with Crippen molar-refractivity contribution < 1.29 is 0 Å². The van der Waals surface area contributed by atoms with Crippen LogP contribution in [0.15, 0.2) is 17.6 Å². The number of hydrogen-bond donors (Lipinski definition) is 1. The maximum Gasteiger partial charge on any atom is 0.128 e. The second-order valence-electron chi connectivity index (χ2n) is 1.73. The Hall–Kier alpha value is -1.10. The third-order valence-corrected chi connectivity index (χ3v) is 1.65. The van der Waals surface area contributed by atoms with E-state index < -0.39 is 0 Å². The molecule has 2 heterocycles. The third kappa shape index (κ3) is 0.841. The van der Waals surface area contributed by atoms with Gasteiger partial charge in [0.15, 0.2) is 0 Å². The highest BCUT2D eigenvalue weighted by molar-refractivity contribution is 8.04.